The van der Waals surface area contributed by atoms with Gasteiger partial charge < -0.3 is 10.5 Å². The minimum Gasteiger partial charge on any atom is -0.469 e. The molecule has 0 spiro atoms. The van der Waals surface area contributed by atoms with Crippen molar-refractivity contribution in [3.8, 4) is 0 Å². The van der Waals surface area contributed by atoms with Crippen LogP contribution in [-0.4, -0.2) is 18.6 Å². The van der Waals surface area contributed by atoms with Crippen LogP contribution in [0.2, 0.25) is 0 Å². The summed E-state index contributed by atoms with van der Waals surface area (Å²) in [6.45, 7) is 7.48. The zero-order chi connectivity index (χ0) is 9.99. The van der Waals surface area contributed by atoms with Gasteiger partial charge in [0, 0.05) is 5.54 Å². The van der Waals surface area contributed by atoms with Crippen molar-refractivity contribution in [3.05, 3.63) is 0 Å². The minimum atomic E-state index is -0.493. The van der Waals surface area contributed by atoms with E-state index in [1.54, 1.807) is 0 Å². The fourth-order valence-corrected chi connectivity index (χ4v) is 1.49. The largest absolute Gasteiger partial charge is 0.469 e. The van der Waals surface area contributed by atoms with E-state index in [1.807, 2.05) is 27.7 Å². The molecule has 0 saturated carbocycles. The van der Waals surface area contributed by atoms with Crippen LogP contribution >= 0.6 is 0 Å². The minimum absolute atomic E-state index is 0.207. The second kappa shape index (κ2) is 3.44. The third kappa shape index (κ3) is 3.72. The van der Waals surface area contributed by atoms with Crippen molar-refractivity contribution in [2.24, 2.45) is 11.1 Å². The number of nitrogens with two attached hydrogens (primary N) is 1. The van der Waals surface area contributed by atoms with Crippen LogP contribution in [0.15, 0.2) is 0 Å². The standard InChI is InChI=1S/C9H19NO2/c1-8(2,7(11)12-5)6-9(3,4)10/h6,10H2,1-5H3. The van der Waals surface area contributed by atoms with E-state index in [1.165, 1.54) is 7.11 Å². The molecule has 0 aliphatic heterocycles. The zero-order valence-corrected chi connectivity index (χ0v) is 8.60. The molecule has 2 N–H and O–H groups in total. The third-order valence-corrected chi connectivity index (χ3v) is 1.64. The number of methoxy groups -OCH3 is 1. The molecule has 0 bridgehead atoms. The summed E-state index contributed by atoms with van der Waals surface area (Å²) in [5.74, 6) is -0.207. The highest BCUT2D eigenvalue weighted by molar-refractivity contribution is 5.75. The van der Waals surface area contributed by atoms with Gasteiger partial charge >= 0.3 is 5.97 Å². The molecule has 3 nitrogen and oxygen atoms in total. The molecule has 0 radical (unpaired) electrons. The molecule has 0 aliphatic carbocycles. The Morgan fingerprint density at radius 2 is 1.75 bits per heavy atom. The Hall–Kier alpha value is -0.570. The van der Waals surface area contributed by atoms with Gasteiger partial charge in [-0.3, -0.25) is 4.79 Å². The van der Waals surface area contributed by atoms with Gasteiger partial charge in [-0.05, 0) is 34.1 Å². The Balaban J connectivity index is 4.32. The van der Waals surface area contributed by atoms with E-state index in [0.29, 0.717) is 6.42 Å². The lowest BCUT2D eigenvalue weighted by atomic mass is 9.81. The molecule has 3 heteroatoms. The third-order valence-electron chi connectivity index (χ3n) is 1.64. The SMILES string of the molecule is COC(=O)C(C)(C)CC(C)(C)N. The number of ether oxygens (including phenoxy) is 1. The molecule has 12 heavy (non-hydrogen) atoms. The Labute approximate surface area is 74.3 Å². The lowest BCUT2D eigenvalue weighted by molar-refractivity contribution is -0.151. The summed E-state index contributed by atoms with van der Waals surface area (Å²) >= 11 is 0. The van der Waals surface area contributed by atoms with Crippen LogP contribution in [0.5, 0.6) is 0 Å². The fraction of sp³-hybridized carbons (Fsp3) is 0.889. The first kappa shape index (κ1) is 11.4. The van der Waals surface area contributed by atoms with Crippen LogP contribution < -0.4 is 5.73 Å². The van der Waals surface area contributed by atoms with Gasteiger partial charge in [0.1, 0.15) is 0 Å². The van der Waals surface area contributed by atoms with Crippen molar-refractivity contribution in [1.82, 2.24) is 0 Å². The fourth-order valence-electron chi connectivity index (χ4n) is 1.49. The van der Waals surface area contributed by atoms with E-state index in [9.17, 15) is 4.79 Å². The van der Waals surface area contributed by atoms with Crippen molar-refractivity contribution in [3.63, 3.8) is 0 Å². The van der Waals surface area contributed by atoms with Crippen LogP contribution in [0.4, 0.5) is 0 Å². The van der Waals surface area contributed by atoms with Crippen LogP contribution in [-0.2, 0) is 9.53 Å². The molecule has 0 rings (SSSR count). The summed E-state index contributed by atoms with van der Waals surface area (Å²) < 4.78 is 4.67. The van der Waals surface area contributed by atoms with Gasteiger partial charge in [-0.2, -0.15) is 0 Å². The predicted molar refractivity (Wildman–Crippen MR) is 48.7 cm³/mol. The van der Waals surface area contributed by atoms with E-state index in [4.69, 9.17) is 5.73 Å². The van der Waals surface area contributed by atoms with Crippen LogP contribution in [0, 0.1) is 5.41 Å². The van der Waals surface area contributed by atoms with Crippen molar-refractivity contribution < 1.29 is 9.53 Å². The van der Waals surface area contributed by atoms with Gasteiger partial charge in [0.25, 0.3) is 0 Å². The van der Waals surface area contributed by atoms with E-state index >= 15 is 0 Å². The molecule has 0 aliphatic rings. The van der Waals surface area contributed by atoms with Gasteiger partial charge in [-0.1, -0.05) is 0 Å². The monoisotopic (exact) mass is 173 g/mol. The lowest BCUT2D eigenvalue weighted by Gasteiger charge is -2.29. The molecule has 0 saturated heterocycles. The van der Waals surface area contributed by atoms with Crippen molar-refractivity contribution in [2.75, 3.05) is 7.11 Å². The summed E-state index contributed by atoms with van der Waals surface area (Å²) in [5.41, 5.74) is 4.98. The number of hydrogen-bond donors (Lipinski definition) is 1. The maximum Gasteiger partial charge on any atom is 0.311 e. The Morgan fingerprint density at radius 1 is 1.33 bits per heavy atom. The summed E-state index contributed by atoms with van der Waals surface area (Å²) in [4.78, 5) is 11.2. The second-order valence-electron chi connectivity index (χ2n) is 4.54. The highest BCUT2D eigenvalue weighted by atomic mass is 16.5. The molecule has 0 aromatic heterocycles. The highest BCUT2D eigenvalue weighted by Crippen LogP contribution is 2.27. The summed E-state index contributed by atoms with van der Waals surface area (Å²) in [7, 11) is 1.40. The number of esters is 1. The first-order valence-corrected chi connectivity index (χ1v) is 4.06. The van der Waals surface area contributed by atoms with E-state index < -0.39 is 5.41 Å². The Morgan fingerprint density at radius 3 is 2.00 bits per heavy atom. The quantitative estimate of drug-likeness (QED) is 0.655. The molecule has 0 aromatic rings. The Kier molecular flexibility index (Phi) is 3.27. The van der Waals surface area contributed by atoms with Gasteiger partial charge in [0.15, 0.2) is 0 Å². The van der Waals surface area contributed by atoms with Gasteiger partial charge in [0.05, 0.1) is 12.5 Å². The first-order chi connectivity index (χ1) is 5.19. The summed E-state index contributed by atoms with van der Waals surface area (Å²) in [5, 5.41) is 0. The van der Waals surface area contributed by atoms with Gasteiger partial charge in [0.2, 0.25) is 0 Å². The van der Waals surface area contributed by atoms with E-state index in [-0.39, 0.29) is 11.5 Å². The average molecular weight is 173 g/mol. The number of rotatable bonds is 3. The highest BCUT2D eigenvalue weighted by Gasteiger charge is 2.33. The van der Waals surface area contributed by atoms with Crippen LogP contribution in [0.25, 0.3) is 0 Å². The summed E-state index contributed by atoms with van der Waals surface area (Å²) in [6, 6.07) is 0. The molecule has 0 fully saturated rings. The van der Waals surface area contributed by atoms with Crippen molar-refractivity contribution in [2.45, 2.75) is 39.7 Å². The second-order valence-corrected chi connectivity index (χ2v) is 4.54. The number of hydrogen-bond acceptors (Lipinski definition) is 3. The molecule has 0 amide bonds. The smallest absolute Gasteiger partial charge is 0.311 e. The normalized spacial score (nSPS) is 12.8. The molecule has 0 atom stereocenters. The maximum absolute atomic E-state index is 11.2. The van der Waals surface area contributed by atoms with Gasteiger partial charge in [-0.25, -0.2) is 0 Å². The number of carbonyl (C=O) groups excluding carboxylic acids is 1. The molecule has 0 aromatic carbocycles. The van der Waals surface area contributed by atoms with Crippen LogP contribution in [0.3, 0.4) is 0 Å². The number of carbonyl (C=O) groups is 1. The zero-order valence-electron chi connectivity index (χ0n) is 8.60. The Bertz CT molecular complexity index is 168. The van der Waals surface area contributed by atoms with Crippen molar-refractivity contribution in [1.29, 1.82) is 0 Å². The molecule has 72 valence electrons. The lowest BCUT2D eigenvalue weighted by Crippen LogP contribution is -2.41. The molecular weight excluding hydrogens is 154 g/mol. The topological polar surface area (TPSA) is 52.3 Å². The average Bonchev–Trinajstić information content (AvgIpc) is 1.80. The van der Waals surface area contributed by atoms with Crippen molar-refractivity contribution >= 4 is 5.97 Å². The molecule has 0 unspecified atom stereocenters. The predicted octanol–water partition coefficient (Wildman–Crippen LogP) is 1.31. The van der Waals surface area contributed by atoms with Gasteiger partial charge in [-0.15, -0.1) is 0 Å². The molecular formula is C9H19NO2. The molecule has 0 heterocycles. The first-order valence-electron chi connectivity index (χ1n) is 4.06. The summed E-state index contributed by atoms with van der Waals surface area (Å²) in [6.07, 6.45) is 0.618. The van der Waals surface area contributed by atoms with Crippen LogP contribution in [0.1, 0.15) is 34.1 Å². The van der Waals surface area contributed by atoms with E-state index in [2.05, 4.69) is 4.74 Å². The maximum atomic E-state index is 11.2. The van der Waals surface area contributed by atoms with E-state index in [0.717, 1.165) is 0 Å².